The number of rotatable bonds is 22. The van der Waals surface area contributed by atoms with Crippen molar-refractivity contribution in [3.8, 4) is 11.1 Å². The van der Waals surface area contributed by atoms with E-state index in [9.17, 15) is 28.8 Å². The lowest BCUT2D eigenvalue weighted by atomic mass is 9.57. The van der Waals surface area contributed by atoms with E-state index in [0.717, 1.165) is 60.8 Å². The van der Waals surface area contributed by atoms with Crippen LogP contribution in [-0.4, -0.2) is 157 Å². The number of hydrogen-bond acceptors (Lipinski definition) is 17. The number of nitrogens with one attached hydrogen (secondary N) is 3. The van der Waals surface area contributed by atoms with Gasteiger partial charge in [-0.15, -0.1) is 0 Å². The van der Waals surface area contributed by atoms with Crippen LogP contribution in [0, 0.1) is 47.3 Å². The van der Waals surface area contributed by atoms with Gasteiger partial charge in [0.05, 0.1) is 31.6 Å². The molecule has 2 saturated carbocycles. The molecule has 10 fully saturated rings. The second-order valence-corrected chi connectivity index (χ2v) is 28.5. The smallest absolute Gasteiger partial charge is 0.407 e. The molecular formula is C67H96N6O16. The first-order chi connectivity index (χ1) is 42.4. The Labute approximate surface area is 523 Å². The van der Waals surface area contributed by atoms with Crippen molar-refractivity contribution in [1.29, 1.82) is 0 Å². The first kappa shape index (κ1) is 65.2. The van der Waals surface area contributed by atoms with Crippen molar-refractivity contribution in [1.82, 2.24) is 25.8 Å². The predicted molar refractivity (Wildman–Crippen MR) is 323 cm³/mol. The molecule has 0 unspecified atom stereocenters. The van der Waals surface area contributed by atoms with E-state index >= 15 is 0 Å². The molecule has 2 aromatic rings. The monoisotopic (exact) mass is 1240 g/mol. The summed E-state index contributed by atoms with van der Waals surface area (Å²) in [5.74, 6) is -4.07. The van der Waals surface area contributed by atoms with Gasteiger partial charge in [0.1, 0.15) is 24.8 Å². The van der Waals surface area contributed by atoms with Gasteiger partial charge in [0, 0.05) is 56.8 Å². The van der Waals surface area contributed by atoms with Crippen molar-refractivity contribution in [3.05, 3.63) is 59.7 Å². The minimum atomic E-state index is -1.03. The maximum absolute atomic E-state index is 14.9. The van der Waals surface area contributed by atoms with E-state index in [1.165, 1.54) is 9.80 Å². The molecule has 8 heterocycles. The van der Waals surface area contributed by atoms with Gasteiger partial charge >= 0.3 is 12.1 Å². The molecular weight excluding hydrogens is 1140 g/mol. The lowest BCUT2D eigenvalue weighted by molar-refractivity contribution is -0.571. The summed E-state index contributed by atoms with van der Waals surface area (Å²) in [7, 11) is 0. The molecule has 22 nitrogen and oxygen atoms in total. The van der Waals surface area contributed by atoms with Crippen LogP contribution in [0.2, 0.25) is 0 Å². The van der Waals surface area contributed by atoms with Gasteiger partial charge < -0.3 is 59.9 Å². The third-order valence-electron chi connectivity index (χ3n) is 21.4. The fraction of sp³-hybridized carbons (Fsp3) is 0.731. The zero-order valence-corrected chi connectivity index (χ0v) is 53.6. The average Bonchev–Trinajstić information content (AvgIpc) is 1.71. The van der Waals surface area contributed by atoms with Crippen LogP contribution in [0.15, 0.2) is 48.5 Å². The molecule has 2 spiro atoms. The number of hydrogen-bond donors (Lipinski definition) is 4. The lowest BCUT2D eigenvalue weighted by Crippen LogP contribution is -2.70. The number of benzene rings is 2. The van der Waals surface area contributed by atoms with Crippen LogP contribution in [0.5, 0.6) is 0 Å². The number of nitrogens with zero attached hydrogens (tertiary/aromatic N) is 2. The average molecular weight is 1240 g/mol. The molecule has 5 N–H and O–H groups in total. The molecule has 0 radical (unpaired) electrons. The van der Waals surface area contributed by atoms with Gasteiger partial charge in [0.15, 0.2) is 23.8 Å². The summed E-state index contributed by atoms with van der Waals surface area (Å²) < 4.78 is 38.3. The molecule has 3 aliphatic carbocycles. The summed E-state index contributed by atoms with van der Waals surface area (Å²) in [6.45, 7) is 16.9. The van der Waals surface area contributed by atoms with Crippen molar-refractivity contribution in [2.24, 2.45) is 53.1 Å². The topological polar surface area (TPSA) is 263 Å². The van der Waals surface area contributed by atoms with Crippen molar-refractivity contribution in [3.63, 3.8) is 0 Å². The highest BCUT2D eigenvalue weighted by Crippen LogP contribution is 2.63. The zero-order chi connectivity index (χ0) is 63.2. The van der Waals surface area contributed by atoms with E-state index in [0.29, 0.717) is 44.1 Å². The van der Waals surface area contributed by atoms with Gasteiger partial charge in [-0.25, -0.2) is 24.3 Å². The van der Waals surface area contributed by atoms with Gasteiger partial charge in [-0.2, -0.15) is 0 Å². The summed E-state index contributed by atoms with van der Waals surface area (Å²) in [6, 6.07) is 15.1. The highest BCUT2D eigenvalue weighted by molar-refractivity contribution is 5.87. The Hall–Kier alpha value is -5.30. The summed E-state index contributed by atoms with van der Waals surface area (Å²) >= 11 is 0. The molecule has 0 aromatic heterocycles. The number of ether oxygens (including phenoxy) is 6. The Morgan fingerprint density at radius 2 is 1.16 bits per heavy atom. The van der Waals surface area contributed by atoms with E-state index in [2.05, 4.69) is 55.8 Å². The van der Waals surface area contributed by atoms with Crippen molar-refractivity contribution < 1.29 is 76.7 Å². The second kappa shape index (κ2) is 26.4. The fourth-order valence-electron chi connectivity index (χ4n) is 16.7. The highest BCUT2D eigenvalue weighted by atomic mass is 17.3. The SMILES string of the molecule is C[C@H]1[C@@H](CC(=O)N(CCNC(=O)[C@H](CCCCN)NC(=O)OCC2c3ccccc3-c3ccccc32)CC(=O)NCCN(CC(=O)OC(C)(C)C)C(=O)C[C@H]2O[C@@H]3O[C@@]4(C)CC[C@H]5[C@H](C)CC[C@@H]([C@H]2C)[C@@]35OO4)O[C@@H]2O[C@@]3(C)CC[C@H]4[C@H](C)CC[C@@H]1[C@@]24OO3. The molecule has 13 rings (SSSR count). The van der Waals surface area contributed by atoms with Gasteiger partial charge in [-0.1, -0.05) is 76.2 Å². The second-order valence-electron chi connectivity index (χ2n) is 28.5. The van der Waals surface area contributed by atoms with Crippen LogP contribution >= 0.6 is 0 Å². The number of unbranched alkanes of at least 4 members (excludes halogenated alkanes) is 1. The van der Waals surface area contributed by atoms with Crippen molar-refractivity contribution in [2.75, 3.05) is 52.4 Å². The standard InChI is InChI=1S/C67H96N6O16/c1-39-21-23-50-41(3)53(81-60-66(50)48(39)25-27-64(8,84-60)86-88-66)34-56(75)72(33-31-70-59(78)52(20-14-15-29-68)71-62(79)80-38-47-45-18-12-10-16-43(45)44-17-11-13-19-46(44)47)36-55(74)69-30-32-73(37-58(77)83-63(5,6)7)57(76)35-54-42(4)51-24-22-40(2)49-26-28-65(9)85-61(82-54)67(49,51)89-87-65/h10-13,16-19,39-42,47-54,60-61H,14-15,20-38,68H2,1-9H3,(H,69,74)(H,70,78)(H,71,79)/t39-,40-,41-,42-,48+,49+,50+,51+,52+,53-,54-,60-,61-,64-,65-,66-,67-/m1/s1. The zero-order valence-electron chi connectivity index (χ0n) is 53.6. The predicted octanol–water partition coefficient (Wildman–Crippen LogP) is 7.54. The van der Waals surface area contributed by atoms with Gasteiger partial charge in [-0.05, 0) is 157 Å². The van der Waals surface area contributed by atoms with E-state index in [4.69, 9.17) is 53.7 Å². The third-order valence-corrected chi connectivity index (χ3v) is 21.4. The molecule has 89 heavy (non-hydrogen) atoms. The maximum atomic E-state index is 14.9. The number of carbonyl (C=O) groups is 6. The number of amides is 5. The molecule has 490 valence electrons. The number of nitrogens with two attached hydrogens (primary N) is 1. The molecule has 2 aromatic carbocycles. The van der Waals surface area contributed by atoms with Crippen molar-refractivity contribution in [2.45, 2.75) is 211 Å². The Balaban J connectivity index is 0.766. The van der Waals surface area contributed by atoms with Crippen LogP contribution in [-0.2, 0) is 71.9 Å². The highest BCUT2D eigenvalue weighted by Gasteiger charge is 2.71. The van der Waals surface area contributed by atoms with Crippen LogP contribution in [0.1, 0.15) is 163 Å². The van der Waals surface area contributed by atoms with E-state index in [1.54, 1.807) is 20.8 Å². The molecule has 22 heteroatoms. The molecule has 8 saturated heterocycles. The van der Waals surface area contributed by atoms with Crippen molar-refractivity contribution >= 4 is 35.7 Å². The largest absolute Gasteiger partial charge is 0.459 e. The number of alkyl carbamates (subject to hydrolysis) is 1. The van der Waals surface area contributed by atoms with Gasteiger partial charge in [0.2, 0.25) is 35.2 Å². The van der Waals surface area contributed by atoms with Crippen LogP contribution in [0.25, 0.3) is 11.1 Å². The Morgan fingerprint density at radius 3 is 1.67 bits per heavy atom. The third kappa shape index (κ3) is 13.2. The first-order valence-corrected chi connectivity index (χ1v) is 33.0. The van der Waals surface area contributed by atoms with E-state index in [1.807, 2.05) is 50.2 Å². The minimum Gasteiger partial charge on any atom is -0.459 e. The number of fused-ring (bicyclic) bond motifs is 7. The van der Waals surface area contributed by atoms with Crippen LogP contribution in [0.4, 0.5) is 4.79 Å². The van der Waals surface area contributed by atoms with Crippen LogP contribution in [0.3, 0.4) is 0 Å². The molecule has 8 aliphatic heterocycles. The normalized spacial score (nSPS) is 35.1. The molecule has 5 amide bonds. The Bertz CT molecular complexity index is 2880. The number of esters is 1. The maximum Gasteiger partial charge on any atom is 0.407 e. The molecule has 4 bridgehead atoms. The molecule has 11 aliphatic rings. The van der Waals surface area contributed by atoms with Gasteiger partial charge in [-0.3, -0.25) is 24.0 Å². The van der Waals surface area contributed by atoms with Crippen LogP contribution < -0.4 is 21.7 Å². The van der Waals surface area contributed by atoms with E-state index < -0.39 is 95.5 Å². The lowest BCUT2D eigenvalue weighted by Gasteiger charge is -2.60. The minimum absolute atomic E-state index is 0.0191. The van der Waals surface area contributed by atoms with Gasteiger partial charge in [0.25, 0.3) is 0 Å². The summed E-state index contributed by atoms with van der Waals surface area (Å²) in [6.07, 6.45) is 4.35. The molecule has 17 atom stereocenters. The summed E-state index contributed by atoms with van der Waals surface area (Å²) in [4.78, 5) is 113. The summed E-state index contributed by atoms with van der Waals surface area (Å²) in [5, 5.41) is 8.62. The fourth-order valence-corrected chi connectivity index (χ4v) is 16.7. The van der Waals surface area contributed by atoms with E-state index in [-0.39, 0.29) is 106 Å². The Morgan fingerprint density at radius 1 is 0.652 bits per heavy atom. The number of carbonyl (C=O) groups excluding carboxylic acids is 6. The Kier molecular flexibility index (Phi) is 19.3. The quantitative estimate of drug-likeness (QED) is 0.0504. The first-order valence-electron chi connectivity index (χ1n) is 33.0. The summed E-state index contributed by atoms with van der Waals surface area (Å²) in [5.41, 5.74) is 7.64.